The van der Waals surface area contributed by atoms with E-state index in [9.17, 15) is 9.59 Å². The molecule has 150 valence electrons. The summed E-state index contributed by atoms with van der Waals surface area (Å²) in [5.74, 6) is -0.283. The first kappa shape index (κ1) is 17.9. The molecular weight excluding hydrogens is 370 g/mol. The molecular formula is C21H23N5O3. The van der Waals surface area contributed by atoms with Gasteiger partial charge >= 0.3 is 0 Å². The van der Waals surface area contributed by atoms with Gasteiger partial charge in [0.1, 0.15) is 5.69 Å². The van der Waals surface area contributed by atoms with E-state index in [4.69, 9.17) is 4.74 Å². The molecule has 1 aromatic carbocycles. The van der Waals surface area contributed by atoms with Crippen molar-refractivity contribution < 1.29 is 14.3 Å². The Morgan fingerprint density at radius 2 is 2.14 bits per heavy atom. The Hall–Kier alpha value is -3.13. The van der Waals surface area contributed by atoms with Crippen LogP contribution in [-0.4, -0.2) is 57.7 Å². The van der Waals surface area contributed by atoms with Crippen molar-refractivity contribution in [1.29, 1.82) is 0 Å². The van der Waals surface area contributed by atoms with Crippen molar-refractivity contribution >= 4 is 22.7 Å². The van der Waals surface area contributed by atoms with Crippen molar-refractivity contribution in [3.63, 3.8) is 0 Å². The van der Waals surface area contributed by atoms with E-state index in [1.54, 1.807) is 12.0 Å². The molecule has 3 aromatic rings. The van der Waals surface area contributed by atoms with Crippen LogP contribution in [0.2, 0.25) is 0 Å². The Kier molecular flexibility index (Phi) is 4.16. The van der Waals surface area contributed by atoms with E-state index >= 15 is 0 Å². The van der Waals surface area contributed by atoms with Gasteiger partial charge in [0.05, 0.1) is 18.7 Å². The van der Waals surface area contributed by atoms with E-state index < -0.39 is 0 Å². The quantitative estimate of drug-likeness (QED) is 0.617. The summed E-state index contributed by atoms with van der Waals surface area (Å²) in [6.07, 6.45) is 2.46. The number of para-hydroxylation sites is 1. The molecule has 5 rings (SSSR count). The Morgan fingerprint density at radius 3 is 2.90 bits per heavy atom. The molecule has 0 radical (unpaired) electrons. The number of amides is 2. The number of hydrogen-bond donors (Lipinski definition) is 3. The Labute approximate surface area is 167 Å². The first-order chi connectivity index (χ1) is 14.1. The third kappa shape index (κ3) is 3.19. The van der Waals surface area contributed by atoms with Crippen LogP contribution in [0, 0.1) is 0 Å². The molecule has 29 heavy (non-hydrogen) atoms. The van der Waals surface area contributed by atoms with E-state index in [0.717, 1.165) is 35.0 Å². The third-order valence-electron chi connectivity index (χ3n) is 5.85. The number of rotatable bonds is 5. The Balaban J connectivity index is 1.35. The number of nitrogens with one attached hydrogen (secondary N) is 3. The average Bonchev–Trinajstić information content (AvgIpc) is 3.17. The largest absolute Gasteiger partial charge is 0.382 e. The molecule has 1 fully saturated rings. The van der Waals surface area contributed by atoms with Crippen LogP contribution in [0.25, 0.3) is 10.9 Å². The molecule has 2 aliphatic rings. The molecule has 2 aromatic heterocycles. The number of H-pyrrole nitrogens is 2. The molecule has 0 spiro atoms. The van der Waals surface area contributed by atoms with E-state index in [1.807, 2.05) is 30.3 Å². The highest BCUT2D eigenvalue weighted by Crippen LogP contribution is 2.36. The highest BCUT2D eigenvalue weighted by Gasteiger charge is 2.45. The molecule has 3 heterocycles. The maximum absolute atomic E-state index is 13.1. The highest BCUT2D eigenvalue weighted by molar-refractivity contribution is 5.99. The molecule has 3 N–H and O–H groups in total. The zero-order chi connectivity index (χ0) is 20.0. The number of carbonyl (C=O) groups excluding carboxylic acids is 2. The second kappa shape index (κ2) is 6.73. The first-order valence-electron chi connectivity index (χ1n) is 9.83. The van der Waals surface area contributed by atoms with Crippen molar-refractivity contribution in [2.75, 3.05) is 20.3 Å². The minimum Gasteiger partial charge on any atom is -0.382 e. The summed E-state index contributed by atoms with van der Waals surface area (Å²) in [6, 6.07) is 9.69. The van der Waals surface area contributed by atoms with Crippen LogP contribution in [0.5, 0.6) is 0 Å². The van der Waals surface area contributed by atoms with E-state index in [-0.39, 0.29) is 17.4 Å². The van der Waals surface area contributed by atoms with Gasteiger partial charge < -0.3 is 19.9 Å². The predicted molar refractivity (Wildman–Crippen MR) is 107 cm³/mol. The van der Waals surface area contributed by atoms with Gasteiger partial charge in [-0.05, 0) is 25.0 Å². The van der Waals surface area contributed by atoms with Crippen LogP contribution in [0.4, 0.5) is 0 Å². The molecule has 1 aliphatic heterocycles. The molecule has 1 aliphatic carbocycles. The van der Waals surface area contributed by atoms with Gasteiger partial charge in [0.2, 0.25) is 0 Å². The molecule has 1 saturated carbocycles. The van der Waals surface area contributed by atoms with Gasteiger partial charge in [-0.3, -0.25) is 14.7 Å². The summed E-state index contributed by atoms with van der Waals surface area (Å²) in [5.41, 5.74) is 3.31. The number of hydrogen-bond acceptors (Lipinski definition) is 4. The number of carbonyl (C=O) groups is 2. The second-order valence-corrected chi connectivity index (χ2v) is 7.94. The van der Waals surface area contributed by atoms with Gasteiger partial charge in [0.15, 0.2) is 5.69 Å². The number of nitrogens with zero attached hydrogens (tertiary/aromatic N) is 2. The van der Waals surface area contributed by atoms with Crippen molar-refractivity contribution in [1.82, 2.24) is 25.4 Å². The molecule has 8 heteroatoms. The summed E-state index contributed by atoms with van der Waals surface area (Å²) in [4.78, 5) is 30.8. The standard InChI is InChI=1S/C21H23N5O3/c1-29-12-21(7-8-21)23-19(27)18-14-11-26(9-6-16(14)24-25-18)20(28)17-10-13-4-2-3-5-15(13)22-17/h2-5,10,22H,6-9,11-12H2,1H3,(H,23,27)(H,24,25). The van der Waals surface area contributed by atoms with E-state index in [2.05, 4.69) is 20.5 Å². The maximum Gasteiger partial charge on any atom is 0.272 e. The van der Waals surface area contributed by atoms with Crippen molar-refractivity contribution in [3.8, 4) is 0 Å². The van der Waals surface area contributed by atoms with Gasteiger partial charge in [-0.2, -0.15) is 5.10 Å². The number of aromatic nitrogens is 3. The highest BCUT2D eigenvalue weighted by atomic mass is 16.5. The lowest BCUT2D eigenvalue weighted by Gasteiger charge is -2.27. The summed E-state index contributed by atoms with van der Waals surface area (Å²) in [5, 5.41) is 11.3. The third-order valence-corrected chi connectivity index (χ3v) is 5.85. The monoisotopic (exact) mass is 393 g/mol. The molecule has 0 saturated heterocycles. The van der Waals surface area contributed by atoms with Gasteiger partial charge in [-0.15, -0.1) is 0 Å². The smallest absolute Gasteiger partial charge is 0.272 e. The Morgan fingerprint density at radius 1 is 1.31 bits per heavy atom. The summed E-state index contributed by atoms with van der Waals surface area (Å²) in [7, 11) is 1.64. The van der Waals surface area contributed by atoms with Crippen LogP contribution in [-0.2, 0) is 17.7 Å². The number of fused-ring (bicyclic) bond motifs is 2. The Bertz CT molecular complexity index is 1060. The molecule has 8 nitrogen and oxygen atoms in total. The fraction of sp³-hybridized carbons (Fsp3) is 0.381. The van der Waals surface area contributed by atoms with Gasteiger partial charge in [0, 0.05) is 42.2 Å². The predicted octanol–water partition coefficient (Wildman–Crippen LogP) is 2.00. The fourth-order valence-electron chi connectivity index (χ4n) is 4.05. The summed E-state index contributed by atoms with van der Waals surface area (Å²) in [6.45, 7) is 1.44. The van der Waals surface area contributed by atoms with E-state index in [1.165, 1.54) is 0 Å². The van der Waals surface area contributed by atoms with Crippen molar-refractivity contribution in [2.24, 2.45) is 0 Å². The minimum atomic E-state index is -0.272. The van der Waals surface area contributed by atoms with Crippen LogP contribution in [0.15, 0.2) is 30.3 Å². The lowest BCUT2D eigenvalue weighted by Crippen LogP contribution is -2.41. The fourth-order valence-corrected chi connectivity index (χ4v) is 4.05. The zero-order valence-electron chi connectivity index (χ0n) is 16.2. The molecule has 0 bridgehead atoms. The number of aromatic amines is 2. The second-order valence-electron chi connectivity index (χ2n) is 7.94. The van der Waals surface area contributed by atoms with E-state index in [0.29, 0.717) is 37.5 Å². The molecule has 2 amide bonds. The molecule has 0 atom stereocenters. The van der Waals surface area contributed by atoms with Crippen LogP contribution >= 0.6 is 0 Å². The minimum absolute atomic E-state index is 0.0718. The summed E-state index contributed by atoms with van der Waals surface area (Å²) >= 11 is 0. The number of ether oxygens (including phenoxy) is 1. The maximum atomic E-state index is 13.1. The average molecular weight is 393 g/mol. The lowest BCUT2D eigenvalue weighted by molar-refractivity contribution is 0.0725. The zero-order valence-corrected chi connectivity index (χ0v) is 16.2. The lowest BCUT2D eigenvalue weighted by atomic mass is 10.0. The normalized spacial score (nSPS) is 17.2. The van der Waals surface area contributed by atoms with Crippen molar-refractivity contribution in [2.45, 2.75) is 31.3 Å². The van der Waals surface area contributed by atoms with Gasteiger partial charge in [-0.25, -0.2) is 0 Å². The SMILES string of the molecule is COCC1(NC(=O)c2n[nH]c3c2CN(C(=O)c2cc4ccccc4[nH]2)CC3)CC1. The van der Waals surface area contributed by atoms with Crippen LogP contribution < -0.4 is 5.32 Å². The van der Waals surface area contributed by atoms with Crippen LogP contribution in [0.3, 0.4) is 0 Å². The first-order valence-corrected chi connectivity index (χ1v) is 9.83. The topological polar surface area (TPSA) is 103 Å². The van der Waals surface area contributed by atoms with Crippen molar-refractivity contribution in [3.05, 3.63) is 53.0 Å². The number of methoxy groups -OCH3 is 1. The van der Waals surface area contributed by atoms with Crippen LogP contribution in [0.1, 0.15) is 45.1 Å². The number of benzene rings is 1. The van der Waals surface area contributed by atoms with Gasteiger partial charge in [-0.1, -0.05) is 18.2 Å². The summed E-state index contributed by atoms with van der Waals surface area (Å²) < 4.78 is 5.22. The van der Waals surface area contributed by atoms with Gasteiger partial charge in [0.25, 0.3) is 11.8 Å². The molecule has 0 unspecified atom stereocenters.